The van der Waals surface area contributed by atoms with Crippen molar-refractivity contribution in [1.82, 2.24) is 9.80 Å². The van der Waals surface area contributed by atoms with E-state index in [1.807, 2.05) is 18.2 Å². The van der Waals surface area contributed by atoms with Gasteiger partial charge >= 0.3 is 0 Å². The van der Waals surface area contributed by atoms with Crippen molar-refractivity contribution in [2.24, 2.45) is 0 Å². The summed E-state index contributed by atoms with van der Waals surface area (Å²) in [6.07, 6.45) is 0. The van der Waals surface area contributed by atoms with Crippen LogP contribution in [0.25, 0.3) is 0 Å². The van der Waals surface area contributed by atoms with Crippen LogP contribution >= 0.6 is 23.2 Å². The number of hydrogen-bond acceptors (Lipinski definition) is 2. The predicted molar refractivity (Wildman–Crippen MR) is 78.4 cm³/mol. The molecule has 18 heavy (non-hydrogen) atoms. The Morgan fingerprint density at radius 3 is 2.39 bits per heavy atom. The van der Waals surface area contributed by atoms with E-state index in [4.69, 9.17) is 23.2 Å². The Kier molecular flexibility index (Phi) is 4.91. The van der Waals surface area contributed by atoms with Crippen LogP contribution in [0.15, 0.2) is 18.2 Å². The first-order valence-corrected chi connectivity index (χ1v) is 7.22. The van der Waals surface area contributed by atoms with Gasteiger partial charge in [-0.2, -0.15) is 0 Å². The number of nitrogens with zero attached hydrogens (tertiary/aromatic N) is 2. The van der Waals surface area contributed by atoms with Crippen molar-refractivity contribution in [3.63, 3.8) is 0 Å². The van der Waals surface area contributed by atoms with Gasteiger partial charge in [-0.25, -0.2) is 0 Å². The van der Waals surface area contributed by atoms with Crippen LogP contribution in [0, 0.1) is 0 Å². The summed E-state index contributed by atoms with van der Waals surface area (Å²) in [4.78, 5) is 4.95. The van der Waals surface area contributed by atoms with Crippen molar-refractivity contribution in [3.05, 3.63) is 33.8 Å². The fourth-order valence-electron chi connectivity index (χ4n) is 2.34. The summed E-state index contributed by atoms with van der Waals surface area (Å²) >= 11 is 12.2. The van der Waals surface area contributed by atoms with Gasteiger partial charge in [0.25, 0.3) is 0 Å². The minimum absolute atomic E-state index is 0.641. The Morgan fingerprint density at radius 2 is 1.78 bits per heavy atom. The van der Waals surface area contributed by atoms with Crippen molar-refractivity contribution in [1.29, 1.82) is 0 Å². The highest BCUT2D eigenvalue weighted by molar-refractivity contribution is 6.33. The molecule has 1 fully saturated rings. The second-order valence-electron chi connectivity index (χ2n) is 5.14. The molecule has 0 aliphatic carbocycles. The van der Waals surface area contributed by atoms with E-state index in [2.05, 4.69) is 23.6 Å². The number of halogens is 2. The molecule has 1 aromatic rings. The zero-order valence-corrected chi connectivity index (χ0v) is 12.5. The van der Waals surface area contributed by atoms with Gasteiger partial charge in [-0.3, -0.25) is 9.80 Å². The Morgan fingerprint density at radius 1 is 1.11 bits per heavy atom. The maximum Gasteiger partial charge on any atom is 0.0452 e. The van der Waals surface area contributed by atoms with E-state index in [0.29, 0.717) is 6.04 Å². The van der Waals surface area contributed by atoms with E-state index in [1.54, 1.807) is 0 Å². The van der Waals surface area contributed by atoms with E-state index >= 15 is 0 Å². The molecule has 1 saturated heterocycles. The normalized spacial score (nSPS) is 18.5. The standard InChI is InChI=1S/C14H20Cl2N2/c1-11(2)18-7-5-17(6-8-18)10-12-9-13(15)3-4-14(12)16/h3-4,9,11H,5-8,10H2,1-2H3. The Balaban J connectivity index is 1.93. The number of rotatable bonds is 3. The Hall–Kier alpha value is -0.280. The highest BCUT2D eigenvalue weighted by Gasteiger charge is 2.19. The van der Waals surface area contributed by atoms with Crippen LogP contribution in [-0.4, -0.2) is 42.0 Å². The molecule has 0 N–H and O–H groups in total. The molecule has 4 heteroatoms. The third-order valence-corrected chi connectivity index (χ3v) is 4.14. The van der Waals surface area contributed by atoms with Crippen LogP contribution in [0.3, 0.4) is 0 Å². The lowest BCUT2D eigenvalue weighted by molar-refractivity contribution is 0.104. The minimum atomic E-state index is 0.641. The van der Waals surface area contributed by atoms with Crippen LogP contribution in [-0.2, 0) is 6.54 Å². The molecule has 1 aromatic carbocycles. The lowest BCUT2D eigenvalue weighted by Crippen LogP contribution is -2.48. The highest BCUT2D eigenvalue weighted by atomic mass is 35.5. The fraction of sp³-hybridized carbons (Fsp3) is 0.571. The van der Waals surface area contributed by atoms with E-state index in [0.717, 1.165) is 48.3 Å². The molecule has 0 spiro atoms. The zero-order chi connectivity index (χ0) is 13.1. The zero-order valence-electron chi connectivity index (χ0n) is 11.0. The second kappa shape index (κ2) is 6.25. The molecule has 0 unspecified atom stereocenters. The molecule has 0 bridgehead atoms. The fourth-order valence-corrected chi connectivity index (χ4v) is 2.72. The van der Waals surface area contributed by atoms with Gasteiger partial charge in [0.15, 0.2) is 0 Å². The SMILES string of the molecule is CC(C)N1CCN(Cc2cc(Cl)ccc2Cl)CC1. The summed E-state index contributed by atoms with van der Waals surface area (Å²) in [5.74, 6) is 0. The summed E-state index contributed by atoms with van der Waals surface area (Å²) in [6.45, 7) is 9.87. The third kappa shape index (κ3) is 3.61. The van der Waals surface area contributed by atoms with Gasteiger partial charge in [-0.15, -0.1) is 0 Å². The average Bonchev–Trinajstić information content (AvgIpc) is 2.34. The molecule has 0 radical (unpaired) electrons. The lowest BCUT2D eigenvalue weighted by Gasteiger charge is -2.37. The average molecular weight is 287 g/mol. The molecule has 2 rings (SSSR count). The Labute approximate surface area is 119 Å². The van der Waals surface area contributed by atoms with Gasteiger partial charge in [0, 0.05) is 48.8 Å². The summed E-state index contributed by atoms with van der Waals surface area (Å²) in [6, 6.07) is 6.33. The van der Waals surface area contributed by atoms with Crippen LogP contribution < -0.4 is 0 Å². The maximum atomic E-state index is 6.20. The molecule has 2 nitrogen and oxygen atoms in total. The van der Waals surface area contributed by atoms with Gasteiger partial charge in [0.1, 0.15) is 0 Å². The molecule has 0 saturated carbocycles. The number of piperazine rings is 1. The van der Waals surface area contributed by atoms with Gasteiger partial charge < -0.3 is 0 Å². The topological polar surface area (TPSA) is 6.48 Å². The van der Waals surface area contributed by atoms with Gasteiger partial charge in [-0.1, -0.05) is 23.2 Å². The van der Waals surface area contributed by atoms with Crippen molar-refractivity contribution in [3.8, 4) is 0 Å². The maximum absolute atomic E-state index is 6.20. The van der Waals surface area contributed by atoms with E-state index in [9.17, 15) is 0 Å². The van der Waals surface area contributed by atoms with Gasteiger partial charge in [-0.05, 0) is 37.6 Å². The van der Waals surface area contributed by atoms with Gasteiger partial charge in [0.05, 0.1) is 0 Å². The number of hydrogen-bond donors (Lipinski definition) is 0. The monoisotopic (exact) mass is 286 g/mol. The smallest absolute Gasteiger partial charge is 0.0452 e. The van der Waals surface area contributed by atoms with Crippen LogP contribution in [0.4, 0.5) is 0 Å². The molecular weight excluding hydrogens is 267 g/mol. The molecule has 0 atom stereocenters. The quantitative estimate of drug-likeness (QED) is 0.839. The second-order valence-corrected chi connectivity index (χ2v) is 5.99. The van der Waals surface area contributed by atoms with Crippen LogP contribution in [0.1, 0.15) is 19.4 Å². The van der Waals surface area contributed by atoms with Crippen molar-refractivity contribution in [2.45, 2.75) is 26.4 Å². The molecule has 0 amide bonds. The van der Waals surface area contributed by atoms with E-state index < -0.39 is 0 Å². The Bertz CT molecular complexity index is 399. The molecule has 0 aromatic heterocycles. The van der Waals surface area contributed by atoms with Crippen molar-refractivity contribution in [2.75, 3.05) is 26.2 Å². The third-order valence-electron chi connectivity index (χ3n) is 3.54. The van der Waals surface area contributed by atoms with Gasteiger partial charge in [0.2, 0.25) is 0 Å². The summed E-state index contributed by atoms with van der Waals surface area (Å²) in [5.41, 5.74) is 1.13. The first-order valence-electron chi connectivity index (χ1n) is 6.46. The van der Waals surface area contributed by atoms with Crippen molar-refractivity contribution < 1.29 is 0 Å². The van der Waals surface area contributed by atoms with Crippen molar-refractivity contribution >= 4 is 23.2 Å². The summed E-state index contributed by atoms with van der Waals surface area (Å²) < 4.78 is 0. The largest absolute Gasteiger partial charge is 0.298 e. The molecule has 1 aliphatic rings. The molecule has 1 heterocycles. The van der Waals surface area contributed by atoms with E-state index in [-0.39, 0.29) is 0 Å². The number of benzene rings is 1. The predicted octanol–water partition coefficient (Wildman–Crippen LogP) is 3.52. The molecule has 100 valence electrons. The first kappa shape index (κ1) is 14.1. The van der Waals surface area contributed by atoms with Crippen LogP contribution in [0.2, 0.25) is 10.0 Å². The van der Waals surface area contributed by atoms with Crippen LogP contribution in [0.5, 0.6) is 0 Å². The lowest BCUT2D eigenvalue weighted by atomic mass is 10.2. The summed E-state index contributed by atoms with van der Waals surface area (Å²) in [7, 11) is 0. The van der Waals surface area contributed by atoms with E-state index in [1.165, 1.54) is 0 Å². The molecular formula is C14H20Cl2N2. The molecule has 1 aliphatic heterocycles. The highest BCUT2D eigenvalue weighted by Crippen LogP contribution is 2.22. The first-order chi connectivity index (χ1) is 8.56. The summed E-state index contributed by atoms with van der Waals surface area (Å²) in [5, 5.41) is 1.57. The minimum Gasteiger partial charge on any atom is -0.298 e.